The van der Waals surface area contributed by atoms with Crippen molar-refractivity contribution in [2.75, 3.05) is 12.4 Å². The van der Waals surface area contributed by atoms with Crippen LogP contribution in [0.4, 0.5) is 5.69 Å². The lowest BCUT2D eigenvalue weighted by molar-refractivity contribution is -0.137. The fraction of sp³-hybridized carbons (Fsp3) is 0.385. The van der Waals surface area contributed by atoms with E-state index >= 15 is 0 Å². The number of hydrogen-bond donors (Lipinski definition) is 3. The molecule has 2 aromatic rings. The maximum Gasteiger partial charge on any atom is 0.303 e. The minimum Gasteiger partial charge on any atom is -0.481 e. The van der Waals surface area contributed by atoms with Crippen LogP contribution in [-0.4, -0.2) is 29.9 Å². The summed E-state index contributed by atoms with van der Waals surface area (Å²) in [7, 11) is 1.60. The van der Waals surface area contributed by atoms with Crippen LogP contribution in [0.2, 0.25) is 0 Å². The molecule has 0 bridgehead atoms. The Labute approximate surface area is 192 Å². The maximum atomic E-state index is 13.4. The Morgan fingerprint density at radius 1 is 1.21 bits per heavy atom. The number of anilines is 1. The highest BCUT2D eigenvalue weighted by atomic mass is 16.4. The van der Waals surface area contributed by atoms with Crippen LogP contribution in [-0.2, 0) is 27.8 Å². The van der Waals surface area contributed by atoms with Gasteiger partial charge in [0.05, 0.1) is 17.6 Å². The van der Waals surface area contributed by atoms with E-state index in [9.17, 15) is 19.6 Å². The second-order valence-electron chi connectivity index (χ2n) is 8.98. The van der Waals surface area contributed by atoms with Gasteiger partial charge in [-0.05, 0) is 72.6 Å². The quantitative estimate of drug-likeness (QED) is 0.603. The first-order valence-corrected chi connectivity index (χ1v) is 11.2. The number of carboxylic acids is 1. The number of nitriles is 1. The van der Waals surface area contributed by atoms with Crippen LogP contribution in [0.15, 0.2) is 36.4 Å². The van der Waals surface area contributed by atoms with E-state index in [4.69, 9.17) is 5.11 Å². The number of rotatable bonds is 7. The lowest BCUT2D eigenvalue weighted by Crippen LogP contribution is -2.21. The number of carbonyl (C=O) groups excluding carboxylic acids is 2. The highest BCUT2D eigenvalue weighted by molar-refractivity contribution is 5.98. The van der Waals surface area contributed by atoms with Crippen LogP contribution in [0.5, 0.6) is 0 Å². The molecule has 2 aliphatic rings. The Kier molecular flexibility index (Phi) is 5.94. The van der Waals surface area contributed by atoms with Gasteiger partial charge in [0.15, 0.2) is 0 Å². The third-order valence-corrected chi connectivity index (χ3v) is 7.28. The molecule has 0 saturated heterocycles. The molecule has 0 aliphatic heterocycles. The van der Waals surface area contributed by atoms with E-state index < -0.39 is 5.97 Å². The number of carboxylic acid groups (broad SMARTS) is 1. The van der Waals surface area contributed by atoms with Crippen molar-refractivity contribution in [2.24, 2.45) is 11.8 Å². The van der Waals surface area contributed by atoms with E-state index in [0.29, 0.717) is 29.7 Å². The first-order valence-electron chi connectivity index (χ1n) is 11.2. The third kappa shape index (κ3) is 3.97. The minimum atomic E-state index is -0.862. The van der Waals surface area contributed by atoms with Crippen molar-refractivity contribution in [2.45, 2.75) is 44.4 Å². The topological polar surface area (TPSA) is 119 Å². The summed E-state index contributed by atoms with van der Waals surface area (Å²) in [6, 6.07) is 13.0. The zero-order valence-corrected chi connectivity index (χ0v) is 18.8. The first kappa shape index (κ1) is 22.5. The van der Waals surface area contributed by atoms with Crippen LogP contribution in [0, 0.1) is 23.2 Å². The summed E-state index contributed by atoms with van der Waals surface area (Å²) in [5, 5.41) is 23.9. The Balaban J connectivity index is 1.57. The fourth-order valence-electron chi connectivity index (χ4n) is 5.50. The molecule has 7 heteroatoms. The molecule has 3 atom stereocenters. The Morgan fingerprint density at radius 2 is 2.00 bits per heavy atom. The van der Waals surface area contributed by atoms with Gasteiger partial charge in [-0.15, -0.1) is 0 Å². The number of aryl methyl sites for hydroxylation is 2. The van der Waals surface area contributed by atoms with Gasteiger partial charge >= 0.3 is 5.97 Å². The summed E-state index contributed by atoms with van der Waals surface area (Å²) >= 11 is 0. The second-order valence-corrected chi connectivity index (χ2v) is 8.98. The van der Waals surface area contributed by atoms with Crippen LogP contribution in [0.1, 0.15) is 58.8 Å². The van der Waals surface area contributed by atoms with Crippen LogP contribution in [0.25, 0.3) is 0 Å². The predicted molar refractivity (Wildman–Crippen MR) is 123 cm³/mol. The van der Waals surface area contributed by atoms with Gasteiger partial charge < -0.3 is 15.7 Å². The lowest BCUT2D eigenvalue weighted by atomic mass is 9.92. The molecule has 3 N–H and O–H groups in total. The molecule has 2 amide bonds. The van der Waals surface area contributed by atoms with E-state index in [1.165, 1.54) is 5.56 Å². The average Bonchev–Trinajstić information content (AvgIpc) is 3.22. The van der Waals surface area contributed by atoms with Gasteiger partial charge in [0.1, 0.15) is 0 Å². The minimum absolute atomic E-state index is 0.0423. The summed E-state index contributed by atoms with van der Waals surface area (Å²) in [6.45, 7) is 2.07. The van der Waals surface area contributed by atoms with Crippen molar-refractivity contribution in [3.63, 3.8) is 0 Å². The highest BCUT2D eigenvalue weighted by Gasteiger charge is 2.68. The number of carbonyl (C=O) groups is 3. The normalized spacial score (nSPS) is 22.3. The van der Waals surface area contributed by atoms with E-state index in [2.05, 4.69) is 23.6 Å². The summed E-state index contributed by atoms with van der Waals surface area (Å²) < 4.78 is 0. The zero-order chi connectivity index (χ0) is 23.8. The van der Waals surface area contributed by atoms with Gasteiger partial charge in [-0.2, -0.15) is 5.26 Å². The van der Waals surface area contributed by atoms with Gasteiger partial charge in [-0.3, -0.25) is 14.4 Å². The number of amides is 2. The molecule has 4 rings (SSSR count). The second kappa shape index (κ2) is 8.70. The number of aliphatic carboxylic acids is 1. The molecular formula is C26H27N3O4. The molecule has 7 nitrogen and oxygen atoms in total. The van der Waals surface area contributed by atoms with Crippen LogP contribution < -0.4 is 10.6 Å². The largest absolute Gasteiger partial charge is 0.481 e. The number of nitrogens with zero attached hydrogens (tertiary/aromatic N) is 1. The molecule has 1 fully saturated rings. The summed E-state index contributed by atoms with van der Waals surface area (Å²) in [5.74, 6) is -1.20. The molecule has 1 spiro atoms. The molecule has 2 aromatic carbocycles. The highest BCUT2D eigenvalue weighted by Crippen LogP contribution is 2.66. The number of hydrogen-bond acceptors (Lipinski definition) is 4. The van der Waals surface area contributed by atoms with E-state index in [1.807, 2.05) is 18.2 Å². The lowest BCUT2D eigenvalue weighted by Gasteiger charge is -2.15. The van der Waals surface area contributed by atoms with E-state index in [1.54, 1.807) is 25.2 Å². The molecule has 0 radical (unpaired) electrons. The molecular weight excluding hydrogens is 418 g/mol. The zero-order valence-electron chi connectivity index (χ0n) is 18.8. The maximum absolute atomic E-state index is 13.4. The van der Waals surface area contributed by atoms with Gasteiger partial charge in [0.2, 0.25) is 5.91 Å². The number of fused-ring (bicyclic) bond motifs is 2. The van der Waals surface area contributed by atoms with Gasteiger partial charge in [0, 0.05) is 30.1 Å². The monoisotopic (exact) mass is 445 g/mol. The van der Waals surface area contributed by atoms with Gasteiger partial charge in [-0.1, -0.05) is 19.1 Å². The summed E-state index contributed by atoms with van der Waals surface area (Å²) in [5.41, 5.74) is 4.41. The smallest absolute Gasteiger partial charge is 0.303 e. The molecule has 3 unspecified atom stereocenters. The van der Waals surface area contributed by atoms with Crippen molar-refractivity contribution in [1.29, 1.82) is 5.26 Å². The Bertz CT molecular complexity index is 1180. The van der Waals surface area contributed by atoms with Crippen molar-refractivity contribution in [3.8, 4) is 6.07 Å². The molecule has 1 saturated carbocycles. The number of benzene rings is 2. The third-order valence-electron chi connectivity index (χ3n) is 7.28. The average molecular weight is 446 g/mol. The standard InChI is InChI=1S/C26H27N3O4/c1-15-23(26(15)11-10-17-8-9-19(13-20(17)26)24(32)28-2)25(33)29-21-12-16(14-27)6-7-18(21)4-3-5-22(30)31/h6-9,12-13,15,23H,3-5,10-11H2,1-2H3,(H,28,32)(H,29,33)(H,30,31). The van der Waals surface area contributed by atoms with Crippen molar-refractivity contribution in [1.82, 2.24) is 5.32 Å². The predicted octanol–water partition coefficient (Wildman–Crippen LogP) is 3.41. The van der Waals surface area contributed by atoms with Crippen LogP contribution >= 0.6 is 0 Å². The van der Waals surface area contributed by atoms with E-state index in [0.717, 1.165) is 24.0 Å². The SMILES string of the molecule is CNC(=O)c1ccc2c(c1)C1(CC2)C(C)C1C(=O)Nc1cc(C#N)ccc1CCCC(=O)O. The Morgan fingerprint density at radius 3 is 2.70 bits per heavy atom. The van der Waals surface area contributed by atoms with Gasteiger partial charge in [-0.25, -0.2) is 0 Å². The van der Waals surface area contributed by atoms with Crippen molar-refractivity contribution in [3.05, 3.63) is 64.2 Å². The van der Waals surface area contributed by atoms with Crippen LogP contribution in [0.3, 0.4) is 0 Å². The Hall–Kier alpha value is -3.66. The molecule has 170 valence electrons. The van der Waals surface area contributed by atoms with Crippen molar-refractivity contribution >= 4 is 23.5 Å². The fourth-order valence-corrected chi connectivity index (χ4v) is 5.50. The van der Waals surface area contributed by atoms with E-state index in [-0.39, 0.29) is 35.5 Å². The van der Waals surface area contributed by atoms with Crippen molar-refractivity contribution < 1.29 is 19.5 Å². The number of nitrogens with one attached hydrogen (secondary N) is 2. The summed E-state index contributed by atoms with van der Waals surface area (Å²) in [4.78, 5) is 36.4. The summed E-state index contributed by atoms with van der Waals surface area (Å²) in [6.07, 6.45) is 2.73. The molecule has 33 heavy (non-hydrogen) atoms. The first-order chi connectivity index (χ1) is 15.8. The molecule has 0 heterocycles. The van der Waals surface area contributed by atoms with Gasteiger partial charge in [0.25, 0.3) is 5.91 Å². The molecule has 2 aliphatic carbocycles. The molecule has 0 aromatic heterocycles.